The highest BCUT2D eigenvalue weighted by Crippen LogP contribution is 2.20. The molecule has 2 atom stereocenters. The van der Waals surface area contributed by atoms with Crippen LogP contribution in [-0.2, 0) is 11.3 Å². The maximum atomic E-state index is 12.6. The second-order valence-corrected chi connectivity index (χ2v) is 6.52. The van der Waals surface area contributed by atoms with Gasteiger partial charge in [-0.15, -0.1) is 0 Å². The molecule has 1 fully saturated rings. The summed E-state index contributed by atoms with van der Waals surface area (Å²) < 4.78 is 0. The molecule has 1 aliphatic rings. The lowest BCUT2D eigenvalue weighted by atomic mass is 10.0. The molecule has 26 heavy (non-hydrogen) atoms. The first-order chi connectivity index (χ1) is 12.6. The van der Waals surface area contributed by atoms with Crippen LogP contribution in [0.2, 0.25) is 0 Å². The zero-order chi connectivity index (χ0) is 18.5. The summed E-state index contributed by atoms with van der Waals surface area (Å²) >= 11 is 0. The van der Waals surface area contributed by atoms with E-state index in [1.807, 2.05) is 31.3 Å². The molecule has 0 saturated carbocycles. The third-order valence-corrected chi connectivity index (χ3v) is 4.65. The third kappa shape index (κ3) is 4.05. The molecule has 136 valence electrons. The maximum absolute atomic E-state index is 12.6. The van der Waals surface area contributed by atoms with Gasteiger partial charge in [-0.2, -0.15) is 0 Å². The van der Waals surface area contributed by atoms with Crippen molar-refractivity contribution in [1.82, 2.24) is 25.5 Å². The first-order valence-electron chi connectivity index (χ1n) is 8.64. The smallest absolute Gasteiger partial charge is 0.270 e. The first kappa shape index (κ1) is 18.0. The Morgan fingerprint density at radius 2 is 2.04 bits per heavy atom. The summed E-state index contributed by atoms with van der Waals surface area (Å²) in [6.07, 6.45) is 5.15. The Labute approximate surface area is 152 Å². The van der Waals surface area contributed by atoms with Gasteiger partial charge in [0.2, 0.25) is 5.91 Å². The lowest BCUT2D eigenvalue weighted by Gasteiger charge is -2.19. The van der Waals surface area contributed by atoms with E-state index in [1.165, 1.54) is 0 Å². The average molecular weight is 353 g/mol. The van der Waals surface area contributed by atoms with Crippen LogP contribution in [0, 0.1) is 12.8 Å². The molecule has 3 rings (SSSR count). The summed E-state index contributed by atoms with van der Waals surface area (Å²) in [6, 6.07) is 7.28. The van der Waals surface area contributed by atoms with Crippen LogP contribution in [0.15, 0.2) is 42.9 Å². The van der Waals surface area contributed by atoms with E-state index in [4.69, 9.17) is 0 Å². The molecule has 2 aromatic heterocycles. The van der Waals surface area contributed by atoms with Gasteiger partial charge in [0.05, 0.1) is 12.0 Å². The van der Waals surface area contributed by atoms with Crippen LogP contribution >= 0.6 is 0 Å². The molecule has 7 nitrogen and oxygen atoms in total. The lowest BCUT2D eigenvalue weighted by Crippen LogP contribution is -2.45. The number of nitrogens with one attached hydrogen (secondary N) is 2. The molecular weight excluding hydrogens is 330 g/mol. The molecular formula is C19H23N5O2. The number of likely N-dealkylation sites (tertiary alicyclic amines) is 1. The van der Waals surface area contributed by atoms with E-state index in [-0.39, 0.29) is 23.8 Å². The molecule has 3 heterocycles. The molecule has 0 unspecified atom stereocenters. The van der Waals surface area contributed by atoms with E-state index in [0.717, 1.165) is 11.1 Å². The molecule has 2 amide bonds. The normalized spacial score (nSPS) is 19.9. The summed E-state index contributed by atoms with van der Waals surface area (Å²) in [6.45, 7) is 3.73. The summed E-state index contributed by atoms with van der Waals surface area (Å²) in [5, 5.41) is 5.70. The largest absolute Gasteiger partial charge is 0.359 e. The monoisotopic (exact) mass is 353 g/mol. The molecule has 1 aliphatic heterocycles. The summed E-state index contributed by atoms with van der Waals surface area (Å²) in [5.74, 6) is -0.614. The number of carbonyl (C=O) groups excluding carboxylic acids is 2. The van der Waals surface area contributed by atoms with Crippen molar-refractivity contribution in [2.24, 2.45) is 5.92 Å². The Hall–Kier alpha value is -2.80. The van der Waals surface area contributed by atoms with Gasteiger partial charge >= 0.3 is 0 Å². The quantitative estimate of drug-likeness (QED) is 0.829. The number of carbonyl (C=O) groups is 2. The lowest BCUT2D eigenvalue weighted by molar-refractivity contribution is -0.124. The standard InChI is InChI=1S/C19H23N5O2/c1-13-5-3-8-22-17(13)19(26)23-16-12-24(11-15(16)18(25)20-2)10-14-6-4-7-21-9-14/h3-9,15-16H,10-12H2,1-2H3,(H,20,25)(H,23,26)/t15-,16-/m0/s1. The van der Waals surface area contributed by atoms with E-state index in [1.54, 1.807) is 25.5 Å². The number of rotatable bonds is 5. The highest BCUT2D eigenvalue weighted by Gasteiger charge is 2.38. The van der Waals surface area contributed by atoms with Crippen LogP contribution in [0.3, 0.4) is 0 Å². The van der Waals surface area contributed by atoms with Gasteiger partial charge in [-0.1, -0.05) is 12.1 Å². The predicted molar refractivity (Wildman–Crippen MR) is 97.3 cm³/mol. The minimum atomic E-state index is -0.301. The van der Waals surface area contributed by atoms with E-state index in [9.17, 15) is 9.59 Å². The van der Waals surface area contributed by atoms with Gasteiger partial charge in [0.15, 0.2) is 0 Å². The van der Waals surface area contributed by atoms with Crippen molar-refractivity contribution in [2.45, 2.75) is 19.5 Å². The summed E-state index contributed by atoms with van der Waals surface area (Å²) in [7, 11) is 1.62. The van der Waals surface area contributed by atoms with Crippen molar-refractivity contribution in [1.29, 1.82) is 0 Å². The van der Waals surface area contributed by atoms with Gasteiger partial charge in [0.1, 0.15) is 5.69 Å². The number of hydrogen-bond donors (Lipinski definition) is 2. The summed E-state index contributed by atoms with van der Waals surface area (Å²) in [5.41, 5.74) is 2.29. The topological polar surface area (TPSA) is 87.2 Å². The van der Waals surface area contributed by atoms with Gasteiger partial charge < -0.3 is 10.6 Å². The number of nitrogens with zero attached hydrogens (tertiary/aromatic N) is 3. The van der Waals surface area contributed by atoms with Crippen molar-refractivity contribution in [2.75, 3.05) is 20.1 Å². The van der Waals surface area contributed by atoms with Crippen LogP contribution in [-0.4, -0.2) is 52.9 Å². The van der Waals surface area contributed by atoms with Crippen molar-refractivity contribution >= 4 is 11.8 Å². The average Bonchev–Trinajstić information content (AvgIpc) is 3.04. The summed E-state index contributed by atoms with van der Waals surface area (Å²) in [4.78, 5) is 35.4. The molecule has 7 heteroatoms. The molecule has 2 N–H and O–H groups in total. The Bertz CT molecular complexity index is 781. The van der Waals surface area contributed by atoms with E-state index in [2.05, 4.69) is 25.5 Å². The van der Waals surface area contributed by atoms with E-state index >= 15 is 0 Å². The van der Waals surface area contributed by atoms with E-state index in [0.29, 0.717) is 25.3 Å². The fourth-order valence-electron chi connectivity index (χ4n) is 3.32. The zero-order valence-electron chi connectivity index (χ0n) is 15.0. The van der Waals surface area contributed by atoms with Crippen LogP contribution in [0.25, 0.3) is 0 Å². The molecule has 0 aromatic carbocycles. The third-order valence-electron chi connectivity index (χ3n) is 4.65. The van der Waals surface area contributed by atoms with Crippen LogP contribution < -0.4 is 10.6 Å². The number of pyridine rings is 2. The highest BCUT2D eigenvalue weighted by atomic mass is 16.2. The molecule has 1 saturated heterocycles. The van der Waals surface area contributed by atoms with Crippen molar-refractivity contribution in [3.8, 4) is 0 Å². The van der Waals surface area contributed by atoms with Crippen LogP contribution in [0.1, 0.15) is 21.6 Å². The molecule has 0 radical (unpaired) electrons. The van der Waals surface area contributed by atoms with E-state index < -0.39 is 0 Å². The van der Waals surface area contributed by atoms with Crippen molar-refractivity contribution < 1.29 is 9.59 Å². The second kappa shape index (κ2) is 8.05. The Kier molecular flexibility index (Phi) is 5.58. The fraction of sp³-hybridized carbons (Fsp3) is 0.368. The molecule has 0 spiro atoms. The van der Waals surface area contributed by atoms with Crippen molar-refractivity contribution in [3.63, 3.8) is 0 Å². The zero-order valence-corrected chi connectivity index (χ0v) is 15.0. The Morgan fingerprint density at radius 1 is 1.23 bits per heavy atom. The van der Waals surface area contributed by atoms with Crippen LogP contribution in [0.5, 0.6) is 0 Å². The highest BCUT2D eigenvalue weighted by molar-refractivity contribution is 5.94. The van der Waals surface area contributed by atoms with Gasteiger partial charge in [-0.05, 0) is 30.2 Å². The predicted octanol–water partition coefficient (Wildman–Crippen LogP) is 0.761. The SMILES string of the molecule is CNC(=O)[C@H]1CN(Cc2cccnc2)C[C@@H]1NC(=O)c1ncccc1C. The molecule has 0 bridgehead atoms. The minimum absolute atomic E-state index is 0.0678. The number of amides is 2. The van der Waals surface area contributed by atoms with Crippen molar-refractivity contribution in [3.05, 3.63) is 59.7 Å². The van der Waals surface area contributed by atoms with Gasteiger partial charge in [-0.3, -0.25) is 24.5 Å². The number of aryl methyl sites for hydroxylation is 1. The second-order valence-electron chi connectivity index (χ2n) is 6.52. The molecule has 0 aliphatic carbocycles. The minimum Gasteiger partial charge on any atom is -0.359 e. The Balaban J connectivity index is 1.72. The fourth-order valence-corrected chi connectivity index (χ4v) is 3.32. The van der Waals surface area contributed by atoms with Crippen LogP contribution in [0.4, 0.5) is 0 Å². The van der Waals surface area contributed by atoms with Gasteiger partial charge in [-0.25, -0.2) is 0 Å². The van der Waals surface area contributed by atoms with Gasteiger partial charge in [0, 0.05) is 45.3 Å². The maximum Gasteiger partial charge on any atom is 0.270 e. The number of hydrogen-bond acceptors (Lipinski definition) is 5. The molecule has 2 aromatic rings. The first-order valence-corrected chi connectivity index (χ1v) is 8.64. The number of aromatic nitrogens is 2. The Morgan fingerprint density at radius 3 is 2.73 bits per heavy atom. The van der Waals surface area contributed by atoms with Gasteiger partial charge in [0.25, 0.3) is 5.91 Å².